The minimum Gasteiger partial charge on any atom is -0.444 e. The Morgan fingerprint density at radius 2 is 1.90 bits per heavy atom. The normalized spacial score (nSPS) is 28.8. The van der Waals surface area contributed by atoms with E-state index in [0.29, 0.717) is 12.0 Å². The second-order valence-electron chi connectivity index (χ2n) is 10.9. The number of hydrogen-bond donors (Lipinski definition) is 1. The van der Waals surface area contributed by atoms with Crippen molar-refractivity contribution in [2.75, 3.05) is 19.6 Å². The van der Waals surface area contributed by atoms with Crippen molar-refractivity contribution in [3.05, 3.63) is 46.8 Å². The molecule has 1 N–H and O–H groups in total. The Labute approximate surface area is 183 Å². The van der Waals surface area contributed by atoms with Crippen LogP contribution in [0.2, 0.25) is 0 Å². The van der Waals surface area contributed by atoms with E-state index in [1.165, 1.54) is 36.1 Å². The highest BCUT2D eigenvalue weighted by atomic mass is 16.6. The van der Waals surface area contributed by atoms with E-state index in [2.05, 4.69) is 34.3 Å². The van der Waals surface area contributed by atoms with Crippen LogP contribution in [0.1, 0.15) is 68.6 Å². The molecular formula is C25H32N4O2. The van der Waals surface area contributed by atoms with Crippen LogP contribution in [-0.2, 0) is 23.0 Å². The van der Waals surface area contributed by atoms with E-state index in [9.17, 15) is 4.79 Å². The number of rotatable bonds is 2. The fourth-order valence-electron chi connectivity index (χ4n) is 6.06. The first-order valence-electron chi connectivity index (χ1n) is 11.7. The minimum absolute atomic E-state index is 0.0232. The Hall–Kier alpha value is -2.34. The summed E-state index contributed by atoms with van der Waals surface area (Å²) in [6.07, 6.45) is 5.59. The van der Waals surface area contributed by atoms with Gasteiger partial charge < -0.3 is 10.1 Å². The second kappa shape index (κ2) is 6.58. The first-order chi connectivity index (χ1) is 14.8. The highest BCUT2D eigenvalue weighted by molar-refractivity contribution is 5.70. The van der Waals surface area contributed by atoms with Crippen molar-refractivity contribution in [1.29, 1.82) is 0 Å². The summed E-state index contributed by atoms with van der Waals surface area (Å²) in [5.41, 5.74) is 6.22. The van der Waals surface area contributed by atoms with Crippen LogP contribution in [0.15, 0.2) is 24.3 Å². The van der Waals surface area contributed by atoms with E-state index in [4.69, 9.17) is 9.84 Å². The maximum atomic E-state index is 12.9. The van der Waals surface area contributed by atoms with E-state index in [0.717, 1.165) is 43.2 Å². The molecule has 1 aromatic carbocycles. The van der Waals surface area contributed by atoms with Gasteiger partial charge in [0.15, 0.2) is 0 Å². The number of benzene rings is 1. The monoisotopic (exact) mass is 420 g/mol. The molecule has 7 rings (SSSR count). The number of ether oxygens (including phenoxy) is 1. The number of nitrogens with zero attached hydrogens (tertiary/aromatic N) is 3. The van der Waals surface area contributed by atoms with E-state index < -0.39 is 5.60 Å². The van der Waals surface area contributed by atoms with E-state index >= 15 is 0 Å². The average Bonchev–Trinajstić information content (AvgIpc) is 2.87. The number of amides is 1. The van der Waals surface area contributed by atoms with Crippen molar-refractivity contribution in [3.8, 4) is 5.69 Å². The molecule has 0 saturated heterocycles. The van der Waals surface area contributed by atoms with Gasteiger partial charge in [0.05, 0.1) is 23.1 Å². The molecule has 3 fully saturated rings. The number of carbonyl (C=O) groups excluding carboxylic acids is 1. The molecule has 6 nitrogen and oxygen atoms in total. The molecule has 2 aromatic rings. The summed E-state index contributed by atoms with van der Waals surface area (Å²) in [5.74, 6) is 0.990. The van der Waals surface area contributed by atoms with Crippen molar-refractivity contribution >= 4 is 6.09 Å². The fraction of sp³-hybridized carbons (Fsp3) is 0.600. The molecule has 5 aliphatic rings. The molecule has 164 valence electrons. The Balaban J connectivity index is 1.33. The van der Waals surface area contributed by atoms with E-state index in [-0.39, 0.29) is 12.1 Å². The number of nitrogens with one attached hydrogen (secondary N) is 1. The zero-order chi connectivity index (χ0) is 21.4. The van der Waals surface area contributed by atoms with Crippen LogP contribution in [0, 0.1) is 5.92 Å². The summed E-state index contributed by atoms with van der Waals surface area (Å²) >= 11 is 0. The van der Waals surface area contributed by atoms with Crippen LogP contribution >= 0.6 is 0 Å². The van der Waals surface area contributed by atoms with Crippen LogP contribution in [-0.4, -0.2) is 46.0 Å². The van der Waals surface area contributed by atoms with Crippen molar-refractivity contribution in [1.82, 2.24) is 20.0 Å². The zero-order valence-electron chi connectivity index (χ0n) is 18.8. The number of carbonyl (C=O) groups is 1. The molecule has 1 unspecified atom stereocenters. The van der Waals surface area contributed by atoms with Crippen molar-refractivity contribution in [3.63, 3.8) is 0 Å². The summed E-state index contributed by atoms with van der Waals surface area (Å²) in [4.78, 5) is 14.8. The van der Waals surface area contributed by atoms with Crippen LogP contribution < -0.4 is 5.32 Å². The summed E-state index contributed by atoms with van der Waals surface area (Å²) in [6, 6.07) is 9.10. The smallest absolute Gasteiger partial charge is 0.410 e. The van der Waals surface area contributed by atoms with E-state index in [1.807, 2.05) is 25.7 Å². The largest absolute Gasteiger partial charge is 0.444 e. The topological polar surface area (TPSA) is 59.4 Å². The summed E-state index contributed by atoms with van der Waals surface area (Å²) in [5, 5.41) is 8.54. The summed E-state index contributed by atoms with van der Waals surface area (Å²) in [7, 11) is 0. The van der Waals surface area contributed by atoms with Crippen molar-refractivity contribution < 1.29 is 9.53 Å². The lowest BCUT2D eigenvalue weighted by atomic mass is 9.42. The Morgan fingerprint density at radius 3 is 2.55 bits per heavy atom. The lowest BCUT2D eigenvalue weighted by molar-refractivity contribution is -0.0273. The van der Waals surface area contributed by atoms with Gasteiger partial charge in [0.2, 0.25) is 0 Å². The van der Waals surface area contributed by atoms with Gasteiger partial charge in [-0.05, 0) is 69.1 Å². The van der Waals surface area contributed by atoms with Crippen LogP contribution in [0.4, 0.5) is 4.79 Å². The van der Waals surface area contributed by atoms with Crippen molar-refractivity contribution in [2.24, 2.45) is 5.92 Å². The second-order valence-corrected chi connectivity index (χ2v) is 10.9. The maximum absolute atomic E-state index is 12.9. The van der Waals surface area contributed by atoms with Gasteiger partial charge in [-0.15, -0.1) is 0 Å². The molecule has 3 heterocycles. The van der Waals surface area contributed by atoms with Crippen LogP contribution in [0.25, 0.3) is 5.69 Å². The van der Waals surface area contributed by atoms with Gasteiger partial charge in [-0.25, -0.2) is 9.48 Å². The van der Waals surface area contributed by atoms with Crippen molar-refractivity contribution in [2.45, 2.75) is 69.9 Å². The van der Waals surface area contributed by atoms with Gasteiger partial charge in [-0.2, -0.15) is 5.10 Å². The summed E-state index contributed by atoms with van der Waals surface area (Å²) in [6.45, 7) is 8.04. The van der Waals surface area contributed by atoms with Gasteiger partial charge in [0.1, 0.15) is 5.60 Å². The first-order valence-corrected chi connectivity index (χ1v) is 11.7. The van der Waals surface area contributed by atoms with Gasteiger partial charge in [0, 0.05) is 38.0 Å². The predicted octanol–water partition coefficient (Wildman–Crippen LogP) is 3.90. The lowest BCUT2D eigenvalue weighted by Gasteiger charge is -2.62. The van der Waals surface area contributed by atoms with Gasteiger partial charge in [0.25, 0.3) is 0 Å². The quantitative estimate of drug-likeness (QED) is 0.800. The molecule has 6 heteroatoms. The Kier molecular flexibility index (Phi) is 4.11. The zero-order valence-corrected chi connectivity index (χ0v) is 18.8. The SMILES string of the molecule is CC(C)(C)OC(=O)N1CCc2c3c(nn2-c2ccc(C45CC(C4)C5)cc2)CCNCC31. The molecule has 2 bridgehead atoms. The van der Waals surface area contributed by atoms with Gasteiger partial charge >= 0.3 is 6.09 Å². The third-order valence-electron chi connectivity index (χ3n) is 7.66. The summed E-state index contributed by atoms with van der Waals surface area (Å²) < 4.78 is 7.86. The standard InChI is InChI=1S/C25H32N4O2/c1-24(2,3)31-23(30)28-11-9-20-22-19(8-10-26-15-21(22)28)27-29(20)18-6-4-17(5-7-18)25-12-16(13-25)14-25/h4-7,16,21,26H,8-15H2,1-3H3. The molecule has 31 heavy (non-hydrogen) atoms. The molecule has 3 saturated carbocycles. The molecule has 1 atom stereocenters. The lowest BCUT2D eigenvalue weighted by Crippen LogP contribution is -2.55. The molecule has 0 radical (unpaired) electrons. The third-order valence-corrected chi connectivity index (χ3v) is 7.66. The molecule has 1 amide bonds. The number of hydrogen-bond acceptors (Lipinski definition) is 4. The predicted molar refractivity (Wildman–Crippen MR) is 119 cm³/mol. The number of aromatic nitrogens is 2. The molecular weight excluding hydrogens is 388 g/mol. The Bertz CT molecular complexity index is 1020. The molecule has 1 aromatic heterocycles. The molecule has 2 aliphatic heterocycles. The minimum atomic E-state index is -0.495. The highest BCUT2D eigenvalue weighted by Gasteiger charge is 2.57. The Morgan fingerprint density at radius 1 is 1.16 bits per heavy atom. The highest BCUT2D eigenvalue weighted by Crippen LogP contribution is 2.65. The first kappa shape index (κ1) is 19.4. The third kappa shape index (κ3) is 3.02. The fourth-order valence-corrected chi connectivity index (χ4v) is 6.06. The van der Waals surface area contributed by atoms with Gasteiger partial charge in [-0.1, -0.05) is 12.1 Å². The van der Waals surface area contributed by atoms with Crippen LogP contribution in [0.3, 0.4) is 0 Å². The molecule has 0 spiro atoms. The molecule has 3 aliphatic carbocycles. The average molecular weight is 421 g/mol. The maximum Gasteiger partial charge on any atom is 0.410 e. The van der Waals surface area contributed by atoms with Gasteiger partial charge in [-0.3, -0.25) is 4.90 Å². The van der Waals surface area contributed by atoms with E-state index in [1.54, 1.807) is 0 Å². The van der Waals surface area contributed by atoms with Crippen LogP contribution in [0.5, 0.6) is 0 Å².